The fraction of sp³-hybridized carbons (Fsp3) is 0.353. The maximum Gasteiger partial charge on any atom is 0.249 e. The maximum atomic E-state index is 13.2. The van der Waals surface area contributed by atoms with Crippen molar-refractivity contribution >= 4 is 20.9 Å². The average molecular weight is 361 g/mol. The Kier molecular flexibility index (Phi) is 3.71. The van der Waals surface area contributed by atoms with Crippen molar-refractivity contribution in [2.75, 3.05) is 6.61 Å². The lowest BCUT2D eigenvalue weighted by molar-refractivity contribution is 0.173. The van der Waals surface area contributed by atoms with Crippen molar-refractivity contribution in [1.29, 1.82) is 0 Å². The molecule has 1 atom stereocenters. The molecule has 1 aliphatic heterocycles. The summed E-state index contributed by atoms with van der Waals surface area (Å²) in [6, 6.07) is 7.35. The zero-order valence-electron chi connectivity index (χ0n) is 14.0. The summed E-state index contributed by atoms with van der Waals surface area (Å²) >= 11 is 0. The molecule has 0 fully saturated rings. The van der Waals surface area contributed by atoms with Crippen LogP contribution in [0.25, 0.3) is 10.9 Å². The van der Waals surface area contributed by atoms with Crippen molar-refractivity contribution in [3.8, 4) is 0 Å². The van der Waals surface area contributed by atoms with E-state index in [4.69, 9.17) is 4.52 Å². The van der Waals surface area contributed by atoms with Gasteiger partial charge >= 0.3 is 0 Å². The third-order valence-corrected chi connectivity index (χ3v) is 6.95. The van der Waals surface area contributed by atoms with Gasteiger partial charge in [0.2, 0.25) is 10.0 Å². The molecular formula is C17H19N3O4S. The second-order valence-corrected chi connectivity index (χ2v) is 8.20. The minimum atomic E-state index is -3.82. The number of aromatic nitrogens is 2. The number of benzene rings is 1. The summed E-state index contributed by atoms with van der Waals surface area (Å²) < 4.78 is 32.7. The molecule has 0 saturated carbocycles. The Bertz CT molecular complexity index is 1030. The highest BCUT2D eigenvalue weighted by Crippen LogP contribution is 2.34. The first-order chi connectivity index (χ1) is 11.9. The summed E-state index contributed by atoms with van der Waals surface area (Å²) in [6.07, 6.45) is 0.457. The van der Waals surface area contributed by atoms with Crippen LogP contribution >= 0.6 is 0 Å². The van der Waals surface area contributed by atoms with Gasteiger partial charge in [-0.25, -0.2) is 8.42 Å². The zero-order chi connectivity index (χ0) is 17.8. The minimum absolute atomic E-state index is 0.0884. The highest BCUT2D eigenvalue weighted by atomic mass is 32.2. The average Bonchev–Trinajstić information content (AvgIpc) is 3.13. The van der Waals surface area contributed by atoms with Crippen LogP contribution in [0.5, 0.6) is 0 Å². The summed E-state index contributed by atoms with van der Waals surface area (Å²) in [5, 5.41) is 14.7. The topological polar surface area (TPSA) is 99.4 Å². The third-order valence-electron chi connectivity index (χ3n) is 4.81. The number of fused-ring (bicyclic) bond motifs is 3. The molecule has 7 nitrogen and oxygen atoms in total. The van der Waals surface area contributed by atoms with Crippen LogP contribution in [0.1, 0.15) is 22.7 Å². The largest absolute Gasteiger partial charge is 0.395 e. The molecule has 2 N–H and O–H groups in total. The van der Waals surface area contributed by atoms with E-state index in [0.29, 0.717) is 12.1 Å². The Morgan fingerprint density at radius 1 is 1.36 bits per heavy atom. The van der Waals surface area contributed by atoms with Crippen LogP contribution in [0.4, 0.5) is 0 Å². The minimum Gasteiger partial charge on any atom is -0.395 e. The Morgan fingerprint density at radius 2 is 2.12 bits per heavy atom. The van der Waals surface area contributed by atoms with E-state index in [-0.39, 0.29) is 23.8 Å². The molecule has 8 heteroatoms. The number of aliphatic hydroxyl groups excluding tert-OH is 1. The standard InChI is InChI=1S/C17H19N3O4S/c1-10-17(11(2)24-19-10)25(22,23)20-8-16-14(7-12(20)9-21)13-5-3-4-6-15(13)18-16/h3-6,12,18,21H,7-9H2,1-2H3. The normalized spacial score (nSPS) is 18.6. The van der Waals surface area contributed by atoms with Gasteiger partial charge in [-0.05, 0) is 31.9 Å². The van der Waals surface area contributed by atoms with Crippen molar-refractivity contribution in [3.05, 3.63) is 47.0 Å². The molecule has 0 spiro atoms. The lowest BCUT2D eigenvalue weighted by Gasteiger charge is -2.33. The summed E-state index contributed by atoms with van der Waals surface area (Å²) in [5.41, 5.74) is 3.23. The van der Waals surface area contributed by atoms with E-state index in [2.05, 4.69) is 10.1 Å². The van der Waals surface area contributed by atoms with E-state index >= 15 is 0 Å². The lowest BCUT2D eigenvalue weighted by Crippen LogP contribution is -2.46. The van der Waals surface area contributed by atoms with Crippen molar-refractivity contribution in [2.45, 2.75) is 37.8 Å². The van der Waals surface area contributed by atoms with E-state index in [9.17, 15) is 13.5 Å². The first-order valence-corrected chi connectivity index (χ1v) is 9.51. The first-order valence-electron chi connectivity index (χ1n) is 8.07. The van der Waals surface area contributed by atoms with Gasteiger partial charge in [-0.1, -0.05) is 23.4 Å². The number of para-hydroxylation sites is 1. The molecule has 0 radical (unpaired) electrons. The Hall–Kier alpha value is -2.16. The molecule has 3 aromatic rings. The molecular weight excluding hydrogens is 342 g/mol. The van der Waals surface area contributed by atoms with Crippen molar-refractivity contribution in [3.63, 3.8) is 0 Å². The molecule has 3 heterocycles. The van der Waals surface area contributed by atoms with Crippen LogP contribution in [-0.2, 0) is 23.0 Å². The first kappa shape index (κ1) is 16.3. The van der Waals surface area contributed by atoms with Gasteiger partial charge in [0, 0.05) is 16.6 Å². The van der Waals surface area contributed by atoms with Gasteiger partial charge in [-0.2, -0.15) is 4.31 Å². The monoisotopic (exact) mass is 361 g/mol. The van der Waals surface area contributed by atoms with E-state index in [1.54, 1.807) is 13.8 Å². The number of aliphatic hydroxyl groups is 1. The van der Waals surface area contributed by atoms with E-state index in [0.717, 1.165) is 22.2 Å². The molecule has 2 aromatic heterocycles. The second-order valence-electron chi connectivity index (χ2n) is 6.37. The summed E-state index contributed by atoms with van der Waals surface area (Å²) in [5.74, 6) is 0.261. The molecule has 1 aliphatic rings. The van der Waals surface area contributed by atoms with Crippen molar-refractivity contribution in [2.24, 2.45) is 0 Å². The number of aryl methyl sites for hydroxylation is 2. The van der Waals surface area contributed by atoms with E-state index < -0.39 is 16.1 Å². The van der Waals surface area contributed by atoms with Crippen LogP contribution < -0.4 is 0 Å². The highest BCUT2D eigenvalue weighted by molar-refractivity contribution is 7.89. The van der Waals surface area contributed by atoms with Crippen molar-refractivity contribution < 1.29 is 18.0 Å². The fourth-order valence-corrected chi connectivity index (χ4v) is 5.52. The van der Waals surface area contributed by atoms with Gasteiger partial charge in [0.1, 0.15) is 10.6 Å². The second kappa shape index (κ2) is 5.69. The van der Waals surface area contributed by atoms with Gasteiger partial charge in [0.25, 0.3) is 0 Å². The predicted molar refractivity (Wildman–Crippen MR) is 91.6 cm³/mol. The number of nitrogens with zero attached hydrogens (tertiary/aromatic N) is 2. The van der Waals surface area contributed by atoms with Crippen molar-refractivity contribution in [1.82, 2.24) is 14.4 Å². The quantitative estimate of drug-likeness (QED) is 0.742. The number of hydrogen-bond acceptors (Lipinski definition) is 5. The van der Waals surface area contributed by atoms with E-state index in [1.807, 2.05) is 24.3 Å². The predicted octanol–water partition coefficient (Wildman–Crippen LogP) is 1.88. The summed E-state index contributed by atoms with van der Waals surface area (Å²) in [6.45, 7) is 3.12. The molecule has 0 aliphatic carbocycles. The molecule has 0 saturated heterocycles. The summed E-state index contributed by atoms with van der Waals surface area (Å²) in [4.78, 5) is 3.40. The van der Waals surface area contributed by atoms with Gasteiger partial charge in [-0.15, -0.1) is 0 Å². The molecule has 0 bridgehead atoms. The Balaban J connectivity index is 1.83. The zero-order valence-corrected chi connectivity index (χ0v) is 14.8. The maximum absolute atomic E-state index is 13.2. The SMILES string of the molecule is Cc1noc(C)c1S(=O)(=O)N1Cc2[nH]c3ccccc3c2CC1CO. The fourth-order valence-electron chi connectivity index (χ4n) is 3.64. The molecule has 25 heavy (non-hydrogen) atoms. The number of H-pyrrole nitrogens is 1. The molecule has 0 amide bonds. The van der Waals surface area contributed by atoms with E-state index in [1.165, 1.54) is 4.31 Å². The highest BCUT2D eigenvalue weighted by Gasteiger charge is 2.39. The van der Waals surface area contributed by atoms with Crippen LogP contribution in [0.2, 0.25) is 0 Å². The van der Waals surface area contributed by atoms with Crippen LogP contribution in [0.15, 0.2) is 33.7 Å². The lowest BCUT2D eigenvalue weighted by atomic mass is 9.99. The van der Waals surface area contributed by atoms with Crippen LogP contribution in [0.3, 0.4) is 0 Å². The molecule has 4 rings (SSSR count). The summed E-state index contributed by atoms with van der Waals surface area (Å²) in [7, 11) is -3.82. The molecule has 1 aromatic carbocycles. The number of nitrogens with one attached hydrogen (secondary N) is 1. The number of aromatic amines is 1. The van der Waals surface area contributed by atoms with Gasteiger partial charge in [-0.3, -0.25) is 0 Å². The van der Waals surface area contributed by atoms with Gasteiger partial charge < -0.3 is 14.6 Å². The van der Waals surface area contributed by atoms with Gasteiger partial charge in [0.15, 0.2) is 5.76 Å². The number of hydrogen-bond donors (Lipinski definition) is 2. The number of rotatable bonds is 3. The molecule has 132 valence electrons. The van der Waals surface area contributed by atoms with Crippen LogP contribution in [-0.4, -0.2) is 40.6 Å². The Labute approximate surface area is 145 Å². The Morgan fingerprint density at radius 3 is 2.80 bits per heavy atom. The molecule has 1 unspecified atom stereocenters. The van der Waals surface area contributed by atoms with Crippen LogP contribution in [0, 0.1) is 13.8 Å². The number of sulfonamides is 1. The smallest absolute Gasteiger partial charge is 0.249 e. The third kappa shape index (κ3) is 2.40. The van der Waals surface area contributed by atoms with Gasteiger partial charge in [0.05, 0.1) is 19.2 Å².